The molecule has 0 spiro atoms. The molecule has 0 heterocycles. The number of aromatic hydroxyl groups is 1. The number of benzene rings is 2. The van der Waals surface area contributed by atoms with Crippen LogP contribution < -0.4 is 5.32 Å². The fraction of sp³-hybridized carbons (Fsp3) is 0.0714. The minimum atomic E-state index is -0.746. The molecule has 0 bridgehead atoms. The molecule has 0 radical (unpaired) electrons. The quantitative estimate of drug-likeness (QED) is 0.807. The molecular formula is C14H10Cl2FNO2. The lowest BCUT2D eigenvalue weighted by molar-refractivity contribution is 0.102. The first-order valence-corrected chi connectivity index (χ1v) is 6.39. The van der Waals surface area contributed by atoms with Crippen LogP contribution in [0, 0.1) is 12.7 Å². The molecule has 6 heteroatoms. The molecule has 2 aromatic rings. The molecule has 0 saturated carbocycles. The van der Waals surface area contributed by atoms with Gasteiger partial charge in [-0.25, -0.2) is 4.39 Å². The molecule has 104 valence electrons. The van der Waals surface area contributed by atoms with Gasteiger partial charge in [0.2, 0.25) is 0 Å². The van der Waals surface area contributed by atoms with E-state index in [0.29, 0.717) is 0 Å². The van der Waals surface area contributed by atoms with E-state index in [1.165, 1.54) is 24.3 Å². The van der Waals surface area contributed by atoms with Gasteiger partial charge in [0.25, 0.3) is 5.91 Å². The summed E-state index contributed by atoms with van der Waals surface area (Å²) in [5.41, 5.74) is 1.17. The Morgan fingerprint density at radius 1 is 1.20 bits per heavy atom. The molecule has 2 aromatic carbocycles. The minimum Gasteiger partial charge on any atom is -0.507 e. The highest BCUT2D eigenvalue weighted by Gasteiger charge is 2.13. The monoisotopic (exact) mass is 313 g/mol. The third kappa shape index (κ3) is 3.03. The maximum atomic E-state index is 13.3. The van der Waals surface area contributed by atoms with Gasteiger partial charge >= 0.3 is 0 Å². The number of hydrogen-bond acceptors (Lipinski definition) is 2. The fourth-order valence-electron chi connectivity index (χ4n) is 1.66. The molecule has 0 saturated heterocycles. The lowest BCUT2D eigenvalue weighted by atomic mass is 10.1. The van der Waals surface area contributed by atoms with Gasteiger partial charge in [0.1, 0.15) is 5.75 Å². The second-order valence-corrected chi connectivity index (χ2v) is 5.04. The van der Waals surface area contributed by atoms with Gasteiger partial charge in [-0.15, -0.1) is 0 Å². The van der Waals surface area contributed by atoms with Crippen molar-refractivity contribution in [2.75, 3.05) is 5.32 Å². The van der Waals surface area contributed by atoms with Crippen molar-refractivity contribution in [3.05, 3.63) is 57.3 Å². The second kappa shape index (κ2) is 5.69. The number of anilines is 1. The van der Waals surface area contributed by atoms with Crippen LogP contribution in [0.3, 0.4) is 0 Å². The van der Waals surface area contributed by atoms with Crippen molar-refractivity contribution in [2.24, 2.45) is 0 Å². The summed E-state index contributed by atoms with van der Waals surface area (Å²) in [6.45, 7) is 1.79. The molecule has 1 amide bonds. The van der Waals surface area contributed by atoms with Crippen molar-refractivity contribution < 1.29 is 14.3 Å². The SMILES string of the molecule is Cc1ccc(C(=O)Nc2cc(Cl)c(F)c(Cl)c2)c(O)c1. The van der Waals surface area contributed by atoms with Gasteiger partial charge in [0.15, 0.2) is 5.82 Å². The largest absolute Gasteiger partial charge is 0.507 e. The summed E-state index contributed by atoms with van der Waals surface area (Å²) in [5.74, 6) is -1.42. The summed E-state index contributed by atoms with van der Waals surface area (Å²) < 4.78 is 13.3. The first-order valence-electron chi connectivity index (χ1n) is 5.64. The van der Waals surface area contributed by atoms with Crippen LogP contribution in [0.4, 0.5) is 10.1 Å². The number of carbonyl (C=O) groups excluding carboxylic acids is 1. The zero-order chi connectivity index (χ0) is 14.9. The van der Waals surface area contributed by atoms with E-state index in [0.717, 1.165) is 5.56 Å². The van der Waals surface area contributed by atoms with Crippen molar-refractivity contribution in [1.29, 1.82) is 0 Å². The number of phenolic OH excluding ortho intramolecular Hbond substituents is 1. The third-order valence-corrected chi connectivity index (χ3v) is 3.19. The first kappa shape index (κ1) is 14.6. The Morgan fingerprint density at radius 2 is 1.80 bits per heavy atom. The number of aryl methyl sites for hydroxylation is 1. The summed E-state index contributed by atoms with van der Waals surface area (Å²) in [4.78, 5) is 12.0. The van der Waals surface area contributed by atoms with E-state index in [1.54, 1.807) is 13.0 Å². The molecule has 2 N–H and O–H groups in total. The van der Waals surface area contributed by atoms with Crippen molar-refractivity contribution in [3.63, 3.8) is 0 Å². The standard InChI is InChI=1S/C14H10Cl2FNO2/c1-7-2-3-9(12(19)4-7)14(20)18-8-5-10(15)13(17)11(16)6-8/h2-6,19H,1H3,(H,18,20). The van der Waals surface area contributed by atoms with E-state index >= 15 is 0 Å². The van der Waals surface area contributed by atoms with E-state index in [1.807, 2.05) is 0 Å². The predicted molar refractivity (Wildman–Crippen MR) is 77.2 cm³/mol. The highest BCUT2D eigenvalue weighted by atomic mass is 35.5. The van der Waals surface area contributed by atoms with E-state index in [4.69, 9.17) is 23.2 Å². The molecule has 0 aliphatic heterocycles. The topological polar surface area (TPSA) is 49.3 Å². The average Bonchev–Trinajstić information content (AvgIpc) is 2.35. The maximum Gasteiger partial charge on any atom is 0.259 e. The lowest BCUT2D eigenvalue weighted by Crippen LogP contribution is -2.12. The Bertz CT molecular complexity index is 666. The first-order chi connectivity index (χ1) is 9.38. The number of rotatable bonds is 2. The molecule has 0 aliphatic rings. The molecular weight excluding hydrogens is 304 g/mol. The summed E-state index contributed by atoms with van der Waals surface area (Å²) >= 11 is 11.3. The summed E-state index contributed by atoms with van der Waals surface area (Å²) in [6.07, 6.45) is 0. The maximum absolute atomic E-state index is 13.3. The average molecular weight is 314 g/mol. The highest BCUT2D eigenvalue weighted by Crippen LogP contribution is 2.28. The van der Waals surface area contributed by atoms with Crippen LogP contribution >= 0.6 is 23.2 Å². The van der Waals surface area contributed by atoms with Crippen LogP contribution in [0.25, 0.3) is 0 Å². The van der Waals surface area contributed by atoms with Gasteiger partial charge in [0.05, 0.1) is 15.6 Å². The van der Waals surface area contributed by atoms with E-state index in [2.05, 4.69) is 5.32 Å². The number of carbonyl (C=O) groups is 1. The number of hydrogen-bond donors (Lipinski definition) is 2. The summed E-state index contributed by atoms with van der Waals surface area (Å²) in [6, 6.07) is 7.14. The van der Waals surface area contributed by atoms with Crippen molar-refractivity contribution >= 4 is 34.8 Å². The van der Waals surface area contributed by atoms with E-state index in [-0.39, 0.29) is 27.0 Å². The Balaban J connectivity index is 2.28. The zero-order valence-electron chi connectivity index (χ0n) is 10.4. The smallest absolute Gasteiger partial charge is 0.259 e. The normalized spacial score (nSPS) is 10.4. The van der Waals surface area contributed by atoms with Crippen LogP contribution in [0.15, 0.2) is 30.3 Å². The molecule has 0 fully saturated rings. The Hall–Kier alpha value is -1.78. The van der Waals surface area contributed by atoms with Crippen LogP contribution in [0.5, 0.6) is 5.75 Å². The van der Waals surface area contributed by atoms with Gasteiger partial charge in [-0.1, -0.05) is 29.3 Å². The van der Waals surface area contributed by atoms with Crippen LogP contribution in [0.2, 0.25) is 10.0 Å². The Labute approximate surface area is 124 Å². The van der Waals surface area contributed by atoms with Crippen LogP contribution in [-0.4, -0.2) is 11.0 Å². The molecule has 2 rings (SSSR count). The van der Waals surface area contributed by atoms with E-state index in [9.17, 15) is 14.3 Å². The lowest BCUT2D eigenvalue weighted by Gasteiger charge is -2.09. The Morgan fingerprint density at radius 3 is 2.35 bits per heavy atom. The van der Waals surface area contributed by atoms with Gasteiger partial charge in [-0.05, 0) is 36.8 Å². The van der Waals surface area contributed by atoms with Gasteiger partial charge in [-0.3, -0.25) is 4.79 Å². The van der Waals surface area contributed by atoms with Gasteiger partial charge in [0, 0.05) is 5.69 Å². The molecule has 0 unspecified atom stereocenters. The third-order valence-electron chi connectivity index (χ3n) is 2.64. The van der Waals surface area contributed by atoms with Crippen LogP contribution in [0.1, 0.15) is 15.9 Å². The highest BCUT2D eigenvalue weighted by molar-refractivity contribution is 6.35. The van der Waals surface area contributed by atoms with Gasteiger partial charge < -0.3 is 10.4 Å². The van der Waals surface area contributed by atoms with Crippen molar-refractivity contribution in [2.45, 2.75) is 6.92 Å². The number of phenols is 1. The van der Waals surface area contributed by atoms with Gasteiger partial charge in [-0.2, -0.15) is 0 Å². The number of halogens is 3. The zero-order valence-corrected chi connectivity index (χ0v) is 11.9. The molecule has 0 aliphatic carbocycles. The summed E-state index contributed by atoms with van der Waals surface area (Å²) in [7, 11) is 0. The molecule has 20 heavy (non-hydrogen) atoms. The minimum absolute atomic E-state index is 0.104. The van der Waals surface area contributed by atoms with Crippen molar-refractivity contribution in [3.8, 4) is 5.75 Å². The van der Waals surface area contributed by atoms with E-state index < -0.39 is 11.7 Å². The predicted octanol–water partition coefficient (Wildman–Crippen LogP) is 4.40. The number of nitrogens with one attached hydrogen (secondary N) is 1. The fourth-order valence-corrected chi connectivity index (χ4v) is 2.15. The Kier molecular flexibility index (Phi) is 4.16. The molecule has 0 aromatic heterocycles. The second-order valence-electron chi connectivity index (χ2n) is 4.23. The molecule has 0 atom stereocenters. The molecule has 3 nitrogen and oxygen atoms in total. The van der Waals surface area contributed by atoms with Crippen LogP contribution in [-0.2, 0) is 0 Å². The van der Waals surface area contributed by atoms with Crippen molar-refractivity contribution in [1.82, 2.24) is 0 Å². The summed E-state index contributed by atoms with van der Waals surface area (Å²) in [5, 5.41) is 11.8. The number of amides is 1.